The number of rotatable bonds is 10. The third-order valence-corrected chi connectivity index (χ3v) is 10.9. The molecule has 3 aliphatic rings. The minimum atomic E-state index is -3.00. The van der Waals surface area contributed by atoms with E-state index in [0.29, 0.717) is 16.9 Å². The van der Waals surface area contributed by atoms with Crippen molar-refractivity contribution < 1.29 is 42.9 Å². The maximum atomic E-state index is 13.6. The van der Waals surface area contributed by atoms with Crippen LogP contribution in [0.2, 0.25) is 5.28 Å². The number of nitrogens with zero attached hydrogens (tertiary/aromatic N) is 5. The summed E-state index contributed by atoms with van der Waals surface area (Å²) in [5.74, 6) is -0.637. The van der Waals surface area contributed by atoms with Crippen molar-refractivity contribution in [1.82, 2.24) is 19.7 Å². The summed E-state index contributed by atoms with van der Waals surface area (Å²) in [5, 5.41) is 13.9. The molecule has 1 N–H and O–H groups in total. The Morgan fingerprint density at radius 3 is 2.47 bits per heavy atom. The lowest BCUT2D eigenvalue weighted by Gasteiger charge is -2.36. The third-order valence-electron chi connectivity index (χ3n) is 8.40. The number of carbonyl (C=O) groups excluding carboxylic acids is 1. The molecule has 5 rings (SSSR count). The number of fused-ring (bicyclic) bond motifs is 2. The van der Waals surface area contributed by atoms with Crippen LogP contribution < -0.4 is 4.90 Å². The maximum Gasteiger partial charge on any atom is 0.416 e. The predicted octanol–water partition coefficient (Wildman–Crippen LogP) is 4.56. The molecule has 2 aromatic heterocycles. The summed E-state index contributed by atoms with van der Waals surface area (Å²) in [6.07, 6.45) is 1.88. The number of aliphatic hydroxyl groups excluding tert-OH is 1. The largest absolute Gasteiger partial charge is 0.443 e. The number of carbonyl (C=O) groups is 1. The van der Waals surface area contributed by atoms with Crippen molar-refractivity contribution in [2.75, 3.05) is 45.2 Å². The van der Waals surface area contributed by atoms with Gasteiger partial charge in [-0.25, -0.2) is 9.48 Å². The smallest absolute Gasteiger partial charge is 0.416 e. The number of hydrogen-bond acceptors (Lipinski definition) is 12. The zero-order valence-corrected chi connectivity index (χ0v) is 28.8. The molecule has 2 aliphatic heterocycles. The fourth-order valence-electron chi connectivity index (χ4n) is 6.20. The van der Waals surface area contributed by atoms with Crippen molar-refractivity contribution >= 4 is 41.7 Å². The Morgan fingerprint density at radius 2 is 1.87 bits per heavy atom. The standard InChI is InChI=1S/C29H45ClN5O9P/c1-27(2,3)44-26(37)34(17-11-9-10-12-17)22-18-13-31-35(23(18)33-25(30)32-22)24-21-20(42-28(4,5)43-21)19(41-24)14-40-29(15-36,16-39-6)45(7,8)38/h13,17,19-21,24,36H,9-12,14-16H2,1-8H3/t19-,20-,21-,24-,29?/m1/s1. The van der Waals surface area contributed by atoms with Gasteiger partial charge in [-0.05, 0) is 72.4 Å². The van der Waals surface area contributed by atoms with Gasteiger partial charge in [-0.1, -0.05) is 12.8 Å². The summed E-state index contributed by atoms with van der Waals surface area (Å²) >= 11 is 6.50. The second-order valence-electron chi connectivity index (χ2n) is 13.8. The average molecular weight is 674 g/mol. The van der Waals surface area contributed by atoms with Crippen LogP contribution in [0, 0.1) is 0 Å². The van der Waals surface area contributed by atoms with Gasteiger partial charge in [-0.15, -0.1) is 0 Å². The first-order chi connectivity index (χ1) is 21.0. The van der Waals surface area contributed by atoms with E-state index in [1.165, 1.54) is 7.11 Å². The Hall–Kier alpha value is -1.90. The van der Waals surface area contributed by atoms with Gasteiger partial charge in [0.2, 0.25) is 5.28 Å². The van der Waals surface area contributed by atoms with Crippen molar-refractivity contribution in [2.45, 2.75) is 108 Å². The number of aliphatic hydroxyl groups is 1. The molecule has 1 saturated carbocycles. The molecule has 2 aromatic rings. The Kier molecular flexibility index (Phi) is 9.65. The molecule has 14 nitrogen and oxygen atoms in total. The van der Waals surface area contributed by atoms with Crippen LogP contribution in [0.5, 0.6) is 0 Å². The van der Waals surface area contributed by atoms with E-state index < -0.39 is 61.1 Å². The fourth-order valence-corrected chi connectivity index (χ4v) is 7.53. The molecule has 45 heavy (non-hydrogen) atoms. The van der Waals surface area contributed by atoms with E-state index >= 15 is 0 Å². The Labute approximate surface area is 268 Å². The molecule has 4 heterocycles. The summed E-state index contributed by atoms with van der Waals surface area (Å²) in [5.41, 5.74) is -0.379. The lowest BCUT2D eigenvalue weighted by Crippen LogP contribution is -2.44. The molecule has 0 radical (unpaired) electrons. The molecule has 252 valence electrons. The molecule has 16 heteroatoms. The molecule has 1 aliphatic carbocycles. The quantitative estimate of drug-likeness (QED) is 0.278. The van der Waals surface area contributed by atoms with Gasteiger partial charge in [0, 0.05) is 13.2 Å². The first-order valence-corrected chi connectivity index (χ1v) is 18.2. The summed E-state index contributed by atoms with van der Waals surface area (Å²) in [4.78, 5) is 24.1. The number of halogens is 1. The van der Waals surface area contributed by atoms with Crippen LogP contribution in [0.15, 0.2) is 6.20 Å². The maximum absolute atomic E-state index is 13.6. The van der Waals surface area contributed by atoms with E-state index in [1.807, 2.05) is 20.8 Å². The van der Waals surface area contributed by atoms with Crippen molar-refractivity contribution in [3.05, 3.63) is 11.5 Å². The molecule has 0 spiro atoms. The Morgan fingerprint density at radius 1 is 1.20 bits per heavy atom. The summed E-state index contributed by atoms with van der Waals surface area (Å²) in [6, 6.07) is -0.120. The van der Waals surface area contributed by atoms with Crippen LogP contribution in [0.1, 0.15) is 66.5 Å². The number of hydrogen-bond donors (Lipinski definition) is 1. The highest BCUT2D eigenvalue weighted by Crippen LogP contribution is 2.53. The fraction of sp³-hybridized carbons (Fsp3) is 0.793. The van der Waals surface area contributed by atoms with E-state index in [4.69, 9.17) is 40.0 Å². The van der Waals surface area contributed by atoms with Gasteiger partial charge in [0.05, 0.1) is 31.4 Å². The van der Waals surface area contributed by atoms with Crippen LogP contribution in [0.25, 0.3) is 11.0 Å². The number of amides is 1. The summed E-state index contributed by atoms with van der Waals surface area (Å²) in [6.45, 7) is 11.5. The van der Waals surface area contributed by atoms with E-state index in [-0.39, 0.29) is 24.5 Å². The molecule has 3 fully saturated rings. The lowest BCUT2D eigenvalue weighted by atomic mass is 10.1. The van der Waals surface area contributed by atoms with Crippen LogP contribution >= 0.6 is 18.7 Å². The molecule has 2 saturated heterocycles. The lowest BCUT2D eigenvalue weighted by molar-refractivity contribution is -0.207. The highest BCUT2D eigenvalue weighted by atomic mass is 35.5. The predicted molar refractivity (Wildman–Crippen MR) is 166 cm³/mol. The van der Waals surface area contributed by atoms with Crippen molar-refractivity contribution in [2.24, 2.45) is 0 Å². The zero-order chi connectivity index (χ0) is 32.9. The Bertz CT molecular complexity index is 1440. The topological polar surface area (TPSA) is 157 Å². The molecule has 5 atom stereocenters. The second kappa shape index (κ2) is 12.6. The normalized spacial score (nSPS) is 26.7. The average Bonchev–Trinajstić information content (AvgIpc) is 3.70. The number of aromatic nitrogens is 4. The van der Waals surface area contributed by atoms with Gasteiger partial charge in [-0.2, -0.15) is 15.1 Å². The van der Waals surface area contributed by atoms with Gasteiger partial charge in [-0.3, -0.25) is 4.90 Å². The molecular formula is C29H45ClN5O9P. The monoisotopic (exact) mass is 673 g/mol. The minimum Gasteiger partial charge on any atom is -0.443 e. The third kappa shape index (κ3) is 6.89. The molecule has 0 bridgehead atoms. The van der Waals surface area contributed by atoms with E-state index in [0.717, 1.165) is 25.7 Å². The van der Waals surface area contributed by atoms with E-state index in [9.17, 15) is 14.5 Å². The highest BCUT2D eigenvalue weighted by molar-refractivity contribution is 7.63. The first kappa shape index (κ1) is 34.4. The van der Waals surface area contributed by atoms with Gasteiger partial charge >= 0.3 is 6.09 Å². The van der Waals surface area contributed by atoms with Crippen LogP contribution in [-0.2, 0) is 33.0 Å². The zero-order valence-electron chi connectivity index (χ0n) is 27.2. The van der Waals surface area contributed by atoms with Gasteiger partial charge < -0.3 is 38.1 Å². The first-order valence-electron chi connectivity index (χ1n) is 15.2. The van der Waals surface area contributed by atoms with Gasteiger partial charge in [0.1, 0.15) is 31.1 Å². The second-order valence-corrected chi connectivity index (χ2v) is 17.6. The summed E-state index contributed by atoms with van der Waals surface area (Å²) < 4.78 is 51.0. The molecular weight excluding hydrogens is 629 g/mol. The van der Waals surface area contributed by atoms with Crippen LogP contribution in [0.4, 0.5) is 10.6 Å². The number of methoxy groups -OCH3 is 1. The van der Waals surface area contributed by atoms with Crippen LogP contribution in [-0.4, -0.2) is 112 Å². The molecule has 0 aromatic carbocycles. The minimum absolute atomic E-state index is 0.0685. The SMILES string of the molecule is COCC(CO)(OC[C@H]1O[C@@H](n2ncc3c(N(C(=O)OC(C)(C)C)C4CCCC4)nc(Cl)nc32)[C@@H]2OC(C)(C)O[C@@H]21)P(C)(C)=O. The van der Waals surface area contributed by atoms with E-state index in [2.05, 4.69) is 15.1 Å². The number of ether oxygens (including phenoxy) is 6. The van der Waals surface area contributed by atoms with Crippen molar-refractivity contribution in [3.63, 3.8) is 0 Å². The molecule has 1 amide bonds. The Balaban J connectivity index is 1.51. The van der Waals surface area contributed by atoms with Gasteiger partial charge in [0.15, 0.2) is 28.8 Å². The van der Waals surface area contributed by atoms with Gasteiger partial charge in [0.25, 0.3) is 0 Å². The number of anilines is 1. The van der Waals surface area contributed by atoms with Crippen molar-refractivity contribution in [1.29, 1.82) is 0 Å². The molecule has 1 unspecified atom stereocenters. The van der Waals surface area contributed by atoms with Crippen molar-refractivity contribution in [3.8, 4) is 0 Å². The highest BCUT2D eigenvalue weighted by Gasteiger charge is 2.57. The van der Waals surface area contributed by atoms with E-state index in [1.54, 1.807) is 43.0 Å². The summed E-state index contributed by atoms with van der Waals surface area (Å²) in [7, 11) is -1.54. The van der Waals surface area contributed by atoms with Crippen LogP contribution in [0.3, 0.4) is 0 Å².